The van der Waals surface area contributed by atoms with Gasteiger partial charge in [-0.05, 0) is 6.07 Å². The predicted octanol–water partition coefficient (Wildman–Crippen LogP) is 1.35. The zero-order chi connectivity index (χ0) is 12.6. The molecule has 0 spiro atoms. The van der Waals surface area contributed by atoms with E-state index in [1.807, 2.05) is 0 Å². The molecule has 1 aromatic carbocycles. The van der Waals surface area contributed by atoms with Crippen molar-refractivity contribution in [3.63, 3.8) is 0 Å². The normalized spacial score (nSPS) is 10.5. The summed E-state index contributed by atoms with van der Waals surface area (Å²) in [7, 11) is 0. The first-order valence-corrected chi connectivity index (χ1v) is 4.96. The quantitative estimate of drug-likeness (QED) is 0.793. The number of carbonyl (C=O) groups excluding carboxylic acids is 1. The Morgan fingerprint density at radius 1 is 1.47 bits per heavy atom. The molecular formula is C10H8ClFN4O. The first-order valence-electron chi connectivity index (χ1n) is 4.58. The molecule has 1 aromatic heterocycles. The molecular weight excluding hydrogens is 247 g/mol. The number of anilines is 1. The molecule has 0 saturated carbocycles. The van der Waals surface area contributed by atoms with Gasteiger partial charge in [-0.3, -0.25) is 4.79 Å². The van der Waals surface area contributed by atoms with Gasteiger partial charge in [-0.25, -0.2) is 9.07 Å². The summed E-state index contributed by atoms with van der Waals surface area (Å²) in [5.41, 5.74) is 11.5. The molecule has 0 fully saturated rings. The minimum atomic E-state index is -0.616. The number of halogens is 2. The fourth-order valence-corrected chi connectivity index (χ4v) is 1.49. The third-order valence-corrected chi connectivity index (χ3v) is 2.47. The lowest BCUT2D eigenvalue weighted by Crippen LogP contribution is -2.09. The first kappa shape index (κ1) is 11.4. The molecule has 0 bridgehead atoms. The molecule has 5 nitrogen and oxygen atoms in total. The molecule has 88 valence electrons. The second-order valence-corrected chi connectivity index (χ2v) is 3.77. The van der Waals surface area contributed by atoms with Crippen molar-refractivity contribution >= 4 is 23.2 Å². The number of hydrogen-bond acceptors (Lipinski definition) is 3. The Morgan fingerprint density at radius 2 is 2.18 bits per heavy atom. The Bertz CT molecular complexity index is 596. The molecule has 0 atom stereocenters. The Labute approximate surface area is 101 Å². The van der Waals surface area contributed by atoms with Crippen LogP contribution in [0, 0.1) is 5.82 Å². The van der Waals surface area contributed by atoms with Crippen molar-refractivity contribution in [2.75, 3.05) is 5.73 Å². The summed E-state index contributed by atoms with van der Waals surface area (Å²) >= 11 is 5.64. The lowest BCUT2D eigenvalue weighted by molar-refractivity contribution is 0.100. The maximum Gasteiger partial charge on any atom is 0.251 e. The number of amides is 1. The van der Waals surface area contributed by atoms with Gasteiger partial charge < -0.3 is 11.5 Å². The highest BCUT2D eigenvalue weighted by Crippen LogP contribution is 2.24. The number of hydrogen-bond donors (Lipinski definition) is 2. The van der Waals surface area contributed by atoms with Crippen molar-refractivity contribution in [1.82, 2.24) is 9.78 Å². The monoisotopic (exact) mass is 254 g/mol. The van der Waals surface area contributed by atoms with Crippen molar-refractivity contribution in [1.29, 1.82) is 0 Å². The SMILES string of the molecule is NC(=O)c1cnn(-c2cc(Cl)c(F)cc2N)c1. The number of primary amides is 1. The fourth-order valence-electron chi connectivity index (χ4n) is 1.33. The van der Waals surface area contributed by atoms with E-state index in [0.29, 0.717) is 5.69 Å². The van der Waals surface area contributed by atoms with Crippen molar-refractivity contribution in [2.45, 2.75) is 0 Å². The largest absolute Gasteiger partial charge is 0.397 e. The highest BCUT2D eigenvalue weighted by molar-refractivity contribution is 6.31. The average molecular weight is 255 g/mol. The molecule has 0 aliphatic heterocycles. The molecule has 1 heterocycles. The standard InChI is InChI=1S/C10H8ClFN4O/c11-6-1-9(8(13)2-7(6)12)16-4-5(3-15-16)10(14)17/h1-4H,13H2,(H2,14,17). The summed E-state index contributed by atoms with van der Waals surface area (Å²) < 4.78 is 14.4. The molecule has 2 rings (SSSR count). The number of benzene rings is 1. The number of rotatable bonds is 2. The van der Waals surface area contributed by atoms with E-state index in [1.54, 1.807) is 0 Å². The number of nitrogens with two attached hydrogens (primary N) is 2. The molecule has 0 saturated heterocycles. The van der Waals surface area contributed by atoms with Gasteiger partial charge in [-0.15, -0.1) is 0 Å². The van der Waals surface area contributed by atoms with Crippen molar-refractivity contribution in [2.24, 2.45) is 5.73 Å². The van der Waals surface area contributed by atoms with E-state index < -0.39 is 11.7 Å². The van der Waals surface area contributed by atoms with Gasteiger partial charge >= 0.3 is 0 Å². The van der Waals surface area contributed by atoms with Crippen LogP contribution in [0.25, 0.3) is 5.69 Å². The Morgan fingerprint density at radius 3 is 2.76 bits per heavy atom. The third-order valence-electron chi connectivity index (χ3n) is 2.18. The molecule has 7 heteroatoms. The van der Waals surface area contributed by atoms with Gasteiger partial charge in [0.1, 0.15) is 5.82 Å². The molecule has 0 radical (unpaired) electrons. The molecule has 0 aliphatic rings. The second kappa shape index (κ2) is 4.06. The van der Waals surface area contributed by atoms with Gasteiger partial charge in [0.05, 0.1) is 28.2 Å². The van der Waals surface area contributed by atoms with E-state index in [4.69, 9.17) is 23.1 Å². The van der Waals surface area contributed by atoms with Gasteiger partial charge in [0.2, 0.25) is 0 Å². The molecule has 17 heavy (non-hydrogen) atoms. The zero-order valence-corrected chi connectivity index (χ0v) is 9.28. The number of aromatic nitrogens is 2. The Kier molecular flexibility index (Phi) is 2.72. The maximum absolute atomic E-state index is 13.1. The van der Waals surface area contributed by atoms with Crippen LogP contribution in [0.15, 0.2) is 24.5 Å². The number of nitrogens with zero attached hydrogens (tertiary/aromatic N) is 2. The van der Waals surface area contributed by atoms with Crippen LogP contribution in [-0.4, -0.2) is 15.7 Å². The Hall–Kier alpha value is -2.08. The summed E-state index contributed by atoms with van der Waals surface area (Å²) in [6.45, 7) is 0. The predicted molar refractivity (Wildman–Crippen MR) is 61.5 cm³/mol. The van der Waals surface area contributed by atoms with E-state index in [-0.39, 0.29) is 16.3 Å². The smallest absolute Gasteiger partial charge is 0.251 e. The first-order chi connectivity index (χ1) is 7.99. The molecule has 1 amide bonds. The van der Waals surface area contributed by atoms with E-state index >= 15 is 0 Å². The molecule has 0 aliphatic carbocycles. The highest BCUT2D eigenvalue weighted by atomic mass is 35.5. The average Bonchev–Trinajstić information content (AvgIpc) is 2.72. The van der Waals surface area contributed by atoms with Gasteiger partial charge in [-0.1, -0.05) is 11.6 Å². The molecule has 0 unspecified atom stereocenters. The van der Waals surface area contributed by atoms with Gasteiger partial charge in [0, 0.05) is 12.3 Å². The second-order valence-electron chi connectivity index (χ2n) is 3.36. The van der Waals surface area contributed by atoms with E-state index in [0.717, 1.165) is 6.07 Å². The van der Waals surface area contributed by atoms with Crippen LogP contribution in [0.2, 0.25) is 5.02 Å². The summed E-state index contributed by atoms with van der Waals surface area (Å²) in [6.07, 6.45) is 2.68. The van der Waals surface area contributed by atoms with Crippen molar-refractivity contribution in [3.05, 3.63) is 40.9 Å². The summed E-state index contributed by atoms with van der Waals surface area (Å²) in [4.78, 5) is 10.9. The lowest BCUT2D eigenvalue weighted by Gasteiger charge is -2.06. The summed E-state index contributed by atoms with van der Waals surface area (Å²) in [5.74, 6) is -1.22. The van der Waals surface area contributed by atoms with E-state index in [2.05, 4.69) is 5.10 Å². The van der Waals surface area contributed by atoms with Gasteiger partial charge in [0.25, 0.3) is 5.91 Å². The van der Waals surface area contributed by atoms with Crippen LogP contribution in [0.5, 0.6) is 0 Å². The van der Waals surface area contributed by atoms with Crippen LogP contribution in [0.4, 0.5) is 10.1 Å². The highest BCUT2D eigenvalue weighted by Gasteiger charge is 2.11. The fraction of sp³-hybridized carbons (Fsp3) is 0. The summed E-state index contributed by atoms with van der Waals surface area (Å²) in [6, 6.07) is 2.41. The maximum atomic E-state index is 13.1. The summed E-state index contributed by atoms with van der Waals surface area (Å²) in [5, 5.41) is 3.82. The molecule has 2 aromatic rings. The minimum absolute atomic E-state index is 0.0784. The van der Waals surface area contributed by atoms with E-state index in [9.17, 15) is 9.18 Å². The minimum Gasteiger partial charge on any atom is -0.397 e. The van der Waals surface area contributed by atoms with Gasteiger partial charge in [0.15, 0.2) is 0 Å². The topological polar surface area (TPSA) is 86.9 Å². The van der Waals surface area contributed by atoms with Crippen LogP contribution >= 0.6 is 11.6 Å². The van der Waals surface area contributed by atoms with Gasteiger partial charge in [-0.2, -0.15) is 5.10 Å². The van der Waals surface area contributed by atoms with Crippen LogP contribution in [0.1, 0.15) is 10.4 Å². The van der Waals surface area contributed by atoms with Crippen LogP contribution in [-0.2, 0) is 0 Å². The van der Waals surface area contributed by atoms with Crippen molar-refractivity contribution < 1.29 is 9.18 Å². The zero-order valence-electron chi connectivity index (χ0n) is 8.52. The van der Waals surface area contributed by atoms with Crippen LogP contribution in [0.3, 0.4) is 0 Å². The van der Waals surface area contributed by atoms with Crippen LogP contribution < -0.4 is 11.5 Å². The number of carbonyl (C=O) groups is 1. The molecule has 4 N–H and O–H groups in total. The van der Waals surface area contributed by atoms with E-state index in [1.165, 1.54) is 23.1 Å². The number of nitrogen functional groups attached to an aromatic ring is 1. The van der Waals surface area contributed by atoms with Crippen molar-refractivity contribution in [3.8, 4) is 5.69 Å². The Balaban J connectivity index is 2.52. The lowest BCUT2D eigenvalue weighted by atomic mass is 10.2. The third kappa shape index (κ3) is 2.07.